The molecule has 0 radical (unpaired) electrons. The van der Waals surface area contributed by atoms with Gasteiger partial charge in [0.15, 0.2) is 17.4 Å². The Morgan fingerprint density at radius 1 is 1.00 bits per heavy atom. The molecule has 0 aromatic rings. The van der Waals surface area contributed by atoms with Gasteiger partial charge in [0.25, 0.3) is 0 Å². The molecule has 1 aliphatic carbocycles. The molecule has 98 valence electrons. The summed E-state index contributed by atoms with van der Waals surface area (Å²) >= 11 is 0. The van der Waals surface area contributed by atoms with Crippen LogP contribution in [0.1, 0.15) is 34.1 Å². The van der Waals surface area contributed by atoms with Crippen LogP contribution >= 0.6 is 0 Å². The lowest BCUT2D eigenvalue weighted by molar-refractivity contribution is -0.483. The molecular weight excluding hydrogens is 224 g/mol. The van der Waals surface area contributed by atoms with Crippen molar-refractivity contribution in [2.75, 3.05) is 6.61 Å². The summed E-state index contributed by atoms with van der Waals surface area (Å²) in [4.78, 5) is 0. The van der Waals surface area contributed by atoms with Gasteiger partial charge in [0.05, 0.1) is 24.7 Å². The molecule has 17 heavy (non-hydrogen) atoms. The van der Waals surface area contributed by atoms with Crippen LogP contribution in [-0.2, 0) is 18.9 Å². The topological polar surface area (TPSA) is 57.2 Å². The maximum Gasteiger partial charge on any atom is 0.179 e. The molecule has 0 unspecified atom stereocenters. The quantitative estimate of drug-likeness (QED) is 0.745. The first-order chi connectivity index (χ1) is 7.71. The molecule has 2 saturated heterocycles. The van der Waals surface area contributed by atoms with Crippen molar-refractivity contribution in [3.8, 4) is 0 Å². The van der Waals surface area contributed by atoms with Crippen LogP contribution in [0.2, 0.25) is 0 Å². The lowest BCUT2D eigenvalue weighted by Gasteiger charge is -2.60. The molecule has 4 atom stereocenters. The monoisotopic (exact) mass is 244 g/mol. The van der Waals surface area contributed by atoms with E-state index in [2.05, 4.69) is 0 Å². The molecule has 3 fully saturated rings. The van der Waals surface area contributed by atoms with Gasteiger partial charge < -0.3 is 24.1 Å². The smallest absolute Gasteiger partial charge is 0.179 e. The van der Waals surface area contributed by atoms with Gasteiger partial charge in [-0.2, -0.15) is 0 Å². The van der Waals surface area contributed by atoms with Crippen LogP contribution in [0, 0.1) is 5.92 Å². The van der Waals surface area contributed by atoms with E-state index in [0.717, 1.165) is 0 Å². The van der Waals surface area contributed by atoms with Gasteiger partial charge in [0.1, 0.15) is 0 Å². The van der Waals surface area contributed by atoms with Crippen LogP contribution in [0.4, 0.5) is 0 Å². The van der Waals surface area contributed by atoms with E-state index in [1.54, 1.807) is 0 Å². The maximum atomic E-state index is 10.4. The van der Waals surface area contributed by atoms with Crippen molar-refractivity contribution in [3.05, 3.63) is 0 Å². The summed E-state index contributed by atoms with van der Waals surface area (Å²) in [7, 11) is 0. The molecule has 0 aromatic heterocycles. The van der Waals surface area contributed by atoms with Gasteiger partial charge >= 0.3 is 0 Å². The van der Waals surface area contributed by atoms with Gasteiger partial charge in [-0.15, -0.1) is 0 Å². The van der Waals surface area contributed by atoms with Crippen LogP contribution in [0.25, 0.3) is 0 Å². The zero-order valence-corrected chi connectivity index (χ0v) is 10.7. The van der Waals surface area contributed by atoms with E-state index in [-0.39, 0.29) is 18.1 Å². The first-order valence-corrected chi connectivity index (χ1v) is 6.13. The molecule has 5 heteroatoms. The molecule has 2 aliphatic heterocycles. The van der Waals surface area contributed by atoms with Crippen LogP contribution in [0.3, 0.4) is 0 Å². The van der Waals surface area contributed by atoms with Gasteiger partial charge in [0.2, 0.25) is 0 Å². The van der Waals surface area contributed by atoms with Gasteiger partial charge in [-0.05, 0) is 27.7 Å². The second kappa shape index (κ2) is 3.22. The number of hydrogen-bond acceptors (Lipinski definition) is 5. The summed E-state index contributed by atoms with van der Waals surface area (Å²) in [5, 5.41) is 10.4. The average Bonchev–Trinajstić information content (AvgIpc) is 2.41. The molecule has 1 saturated carbocycles. The van der Waals surface area contributed by atoms with Gasteiger partial charge in [0, 0.05) is 6.42 Å². The Morgan fingerprint density at radius 2 is 1.65 bits per heavy atom. The SMILES string of the molecule is CC1(C)OC[C@@H]([C@H]2[C@@H]3C[C@]2(O)OC(C)(C)O3)O1. The van der Waals surface area contributed by atoms with Crippen molar-refractivity contribution >= 4 is 0 Å². The highest BCUT2D eigenvalue weighted by Crippen LogP contribution is 2.53. The van der Waals surface area contributed by atoms with E-state index in [4.69, 9.17) is 18.9 Å². The Morgan fingerprint density at radius 3 is 2.18 bits per heavy atom. The molecule has 0 amide bonds. The molecule has 0 spiro atoms. The van der Waals surface area contributed by atoms with E-state index in [0.29, 0.717) is 13.0 Å². The van der Waals surface area contributed by atoms with Crippen molar-refractivity contribution in [1.29, 1.82) is 0 Å². The van der Waals surface area contributed by atoms with Crippen molar-refractivity contribution in [2.45, 2.75) is 63.7 Å². The number of ether oxygens (including phenoxy) is 4. The highest BCUT2D eigenvalue weighted by atomic mass is 16.8. The zero-order valence-electron chi connectivity index (χ0n) is 10.7. The molecule has 3 aliphatic rings. The van der Waals surface area contributed by atoms with E-state index in [9.17, 15) is 5.11 Å². The largest absolute Gasteiger partial charge is 0.365 e. The van der Waals surface area contributed by atoms with Gasteiger partial charge in [-0.3, -0.25) is 0 Å². The summed E-state index contributed by atoms with van der Waals surface area (Å²) in [5.41, 5.74) is 0. The molecule has 3 rings (SSSR count). The predicted octanol–water partition coefficient (Wildman–Crippen LogP) is 0.998. The fourth-order valence-electron chi connectivity index (χ4n) is 3.14. The minimum atomic E-state index is -1.12. The fourth-order valence-corrected chi connectivity index (χ4v) is 3.14. The summed E-state index contributed by atoms with van der Waals surface area (Å²) < 4.78 is 22.7. The first kappa shape index (κ1) is 11.9. The maximum absolute atomic E-state index is 10.4. The van der Waals surface area contributed by atoms with Gasteiger partial charge in [-0.25, -0.2) is 0 Å². The molecule has 2 bridgehead atoms. The third-order valence-corrected chi connectivity index (χ3v) is 3.70. The van der Waals surface area contributed by atoms with Crippen molar-refractivity contribution in [3.63, 3.8) is 0 Å². The summed E-state index contributed by atoms with van der Waals surface area (Å²) in [6, 6.07) is 0. The second-order valence-electron chi connectivity index (χ2n) is 6.10. The number of fused-ring (bicyclic) bond motifs is 2. The molecule has 0 aromatic carbocycles. The second-order valence-corrected chi connectivity index (χ2v) is 6.10. The van der Waals surface area contributed by atoms with E-state index < -0.39 is 17.4 Å². The predicted molar refractivity (Wildman–Crippen MR) is 58.0 cm³/mol. The zero-order chi connectivity index (χ0) is 12.5. The Hall–Kier alpha value is -0.200. The summed E-state index contributed by atoms with van der Waals surface area (Å²) in [5.74, 6) is -2.58. The average molecular weight is 244 g/mol. The van der Waals surface area contributed by atoms with Gasteiger partial charge in [-0.1, -0.05) is 0 Å². The Labute approximate surface area is 101 Å². The minimum Gasteiger partial charge on any atom is -0.365 e. The Kier molecular flexibility index (Phi) is 2.25. The van der Waals surface area contributed by atoms with Crippen molar-refractivity contribution in [2.24, 2.45) is 5.92 Å². The van der Waals surface area contributed by atoms with E-state index in [1.807, 2.05) is 27.7 Å². The van der Waals surface area contributed by atoms with Crippen LogP contribution in [-0.4, -0.2) is 41.3 Å². The first-order valence-electron chi connectivity index (χ1n) is 6.13. The summed E-state index contributed by atoms with van der Waals surface area (Å²) in [6.45, 7) is 7.85. The third kappa shape index (κ3) is 1.81. The Bertz CT molecular complexity index is 340. The molecular formula is C12H20O5. The molecule has 2 heterocycles. The lowest BCUT2D eigenvalue weighted by Crippen LogP contribution is -2.72. The van der Waals surface area contributed by atoms with Crippen molar-refractivity contribution in [1.82, 2.24) is 0 Å². The Balaban J connectivity index is 1.75. The fraction of sp³-hybridized carbons (Fsp3) is 1.00. The number of rotatable bonds is 1. The lowest BCUT2D eigenvalue weighted by atomic mass is 9.70. The number of aliphatic hydroxyl groups is 1. The van der Waals surface area contributed by atoms with Crippen LogP contribution in [0.15, 0.2) is 0 Å². The summed E-state index contributed by atoms with van der Waals surface area (Å²) in [6.07, 6.45) is 0.345. The van der Waals surface area contributed by atoms with Crippen molar-refractivity contribution < 1.29 is 24.1 Å². The highest BCUT2D eigenvalue weighted by molar-refractivity contribution is 5.06. The number of hydrogen-bond donors (Lipinski definition) is 1. The van der Waals surface area contributed by atoms with Crippen LogP contribution in [0.5, 0.6) is 0 Å². The third-order valence-electron chi connectivity index (χ3n) is 3.70. The van der Waals surface area contributed by atoms with Crippen LogP contribution < -0.4 is 0 Å². The molecule has 1 N–H and O–H groups in total. The minimum absolute atomic E-state index is 0.00810. The highest BCUT2D eigenvalue weighted by Gasteiger charge is 2.66. The molecule has 5 nitrogen and oxygen atoms in total. The van der Waals surface area contributed by atoms with E-state index in [1.165, 1.54) is 0 Å². The van der Waals surface area contributed by atoms with E-state index >= 15 is 0 Å². The normalized spacial score (nSPS) is 51.0. The standard InChI is InChI=1S/C12H20O5/c1-10(2)14-6-8(16-10)9-7-5-12(9,13)17-11(3,4)15-7/h7-9,13H,5-6H2,1-4H3/t7-,8-,9+,12-/m0/s1.